The van der Waals surface area contributed by atoms with Crippen LogP contribution in [0.15, 0.2) is 17.3 Å². The Morgan fingerprint density at radius 2 is 2.35 bits per heavy atom. The van der Waals surface area contributed by atoms with E-state index in [9.17, 15) is 8.42 Å². The lowest BCUT2D eigenvalue weighted by Crippen LogP contribution is -2.30. The summed E-state index contributed by atoms with van der Waals surface area (Å²) < 4.78 is 34.1. The number of hydrogen-bond acceptors (Lipinski definition) is 4. The molecule has 1 aromatic rings. The molecule has 0 amide bonds. The fourth-order valence-corrected chi connectivity index (χ4v) is 3.69. The van der Waals surface area contributed by atoms with Gasteiger partial charge in [0.15, 0.2) is 5.03 Å². The van der Waals surface area contributed by atoms with Crippen LogP contribution >= 0.6 is 0 Å². The molecule has 0 saturated carbocycles. The molecule has 1 N–H and O–H groups in total. The van der Waals surface area contributed by atoms with Crippen molar-refractivity contribution in [3.8, 4) is 0 Å². The number of aromatic nitrogens is 2. The molecule has 2 heterocycles. The van der Waals surface area contributed by atoms with Crippen molar-refractivity contribution >= 4 is 10.0 Å². The molecule has 6 nitrogen and oxygen atoms in total. The lowest BCUT2D eigenvalue weighted by atomic mass is 9.99. The highest BCUT2D eigenvalue weighted by Gasteiger charge is 2.21. The average molecular weight is 301 g/mol. The zero-order chi connectivity index (χ0) is 14.6. The van der Waals surface area contributed by atoms with Gasteiger partial charge in [-0.25, -0.2) is 13.1 Å². The molecule has 1 aliphatic rings. The summed E-state index contributed by atoms with van der Waals surface area (Å²) in [5, 5.41) is 4.29. The van der Waals surface area contributed by atoms with E-state index in [0.29, 0.717) is 12.5 Å². The fraction of sp³-hybridized carbons (Fsp3) is 0.769. The van der Waals surface area contributed by atoms with Crippen LogP contribution in [0.25, 0.3) is 0 Å². The van der Waals surface area contributed by atoms with Crippen molar-refractivity contribution in [2.24, 2.45) is 5.92 Å². The summed E-state index contributed by atoms with van der Waals surface area (Å²) >= 11 is 0. The van der Waals surface area contributed by atoms with Gasteiger partial charge in [-0.15, -0.1) is 0 Å². The first-order chi connectivity index (χ1) is 9.50. The number of sulfonamides is 1. The topological polar surface area (TPSA) is 73.2 Å². The van der Waals surface area contributed by atoms with Crippen LogP contribution in [-0.2, 0) is 14.8 Å². The average Bonchev–Trinajstić information content (AvgIpc) is 2.90. The molecule has 2 rings (SSSR count). The Labute approximate surface area is 120 Å². The predicted octanol–water partition coefficient (Wildman–Crippen LogP) is 1.56. The Bertz CT molecular complexity index is 519. The number of ether oxygens (including phenoxy) is 1. The van der Waals surface area contributed by atoms with Gasteiger partial charge < -0.3 is 4.74 Å². The van der Waals surface area contributed by atoms with Crippen molar-refractivity contribution in [2.45, 2.75) is 44.2 Å². The summed E-state index contributed by atoms with van der Waals surface area (Å²) in [5.74, 6) is 0.460. The second-order valence-corrected chi connectivity index (χ2v) is 7.19. The number of rotatable bonds is 6. The molecule has 0 unspecified atom stereocenters. The van der Waals surface area contributed by atoms with E-state index in [4.69, 9.17) is 4.74 Å². The van der Waals surface area contributed by atoms with Gasteiger partial charge in [0.05, 0.1) is 6.20 Å². The molecular weight excluding hydrogens is 278 g/mol. The first-order valence-corrected chi connectivity index (χ1v) is 8.60. The summed E-state index contributed by atoms with van der Waals surface area (Å²) in [4.78, 5) is 0. The number of hydrogen-bond donors (Lipinski definition) is 1. The number of nitrogens with one attached hydrogen (secondary N) is 1. The SMILES string of the molecule is CC(C)n1nccc1S(=O)(=O)NCC[C@H]1CCCOC1. The molecule has 0 spiro atoms. The highest BCUT2D eigenvalue weighted by atomic mass is 32.2. The van der Waals surface area contributed by atoms with E-state index >= 15 is 0 Å². The van der Waals surface area contributed by atoms with E-state index in [0.717, 1.165) is 32.5 Å². The van der Waals surface area contributed by atoms with E-state index in [-0.39, 0.29) is 11.1 Å². The lowest BCUT2D eigenvalue weighted by molar-refractivity contribution is 0.0523. The quantitative estimate of drug-likeness (QED) is 0.865. The van der Waals surface area contributed by atoms with Crippen LogP contribution in [0.3, 0.4) is 0 Å². The van der Waals surface area contributed by atoms with Gasteiger partial charge in [-0.3, -0.25) is 4.68 Å². The van der Waals surface area contributed by atoms with E-state index in [2.05, 4.69) is 9.82 Å². The third-order valence-corrected chi connectivity index (χ3v) is 4.96. The molecule has 0 bridgehead atoms. The molecule has 0 aliphatic carbocycles. The van der Waals surface area contributed by atoms with Gasteiger partial charge >= 0.3 is 0 Å². The van der Waals surface area contributed by atoms with Gasteiger partial charge in [-0.05, 0) is 45.1 Å². The normalized spacial score (nSPS) is 20.4. The Kier molecular flexibility index (Phi) is 5.17. The molecule has 1 atom stereocenters. The summed E-state index contributed by atoms with van der Waals surface area (Å²) in [7, 11) is -3.48. The van der Waals surface area contributed by atoms with Crippen LogP contribution in [0.2, 0.25) is 0 Å². The Morgan fingerprint density at radius 1 is 1.55 bits per heavy atom. The maximum atomic E-state index is 12.3. The first kappa shape index (κ1) is 15.5. The Hall–Kier alpha value is -0.920. The van der Waals surface area contributed by atoms with Crippen molar-refractivity contribution in [3.63, 3.8) is 0 Å². The van der Waals surface area contributed by atoms with Crippen LogP contribution in [0, 0.1) is 5.92 Å². The second-order valence-electron chi connectivity index (χ2n) is 5.48. The van der Waals surface area contributed by atoms with Gasteiger partial charge in [-0.2, -0.15) is 5.10 Å². The van der Waals surface area contributed by atoms with E-state index in [1.807, 2.05) is 13.8 Å². The first-order valence-electron chi connectivity index (χ1n) is 7.11. The largest absolute Gasteiger partial charge is 0.381 e. The molecule has 0 aromatic carbocycles. The van der Waals surface area contributed by atoms with Crippen LogP contribution in [0.1, 0.15) is 39.2 Å². The predicted molar refractivity (Wildman–Crippen MR) is 76.0 cm³/mol. The second kappa shape index (κ2) is 6.69. The molecule has 1 fully saturated rings. The van der Waals surface area contributed by atoms with Gasteiger partial charge in [-0.1, -0.05) is 0 Å². The van der Waals surface area contributed by atoms with Gasteiger partial charge in [0, 0.05) is 25.8 Å². The monoisotopic (exact) mass is 301 g/mol. The van der Waals surface area contributed by atoms with Crippen LogP contribution < -0.4 is 4.72 Å². The van der Waals surface area contributed by atoms with E-state index in [1.165, 1.54) is 16.9 Å². The third-order valence-electron chi connectivity index (χ3n) is 3.50. The molecular formula is C13H23N3O3S. The molecule has 20 heavy (non-hydrogen) atoms. The number of nitrogens with zero attached hydrogens (tertiary/aromatic N) is 2. The highest BCUT2D eigenvalue weighted by molar-refractivity contribution is 7.89. The molecule has 1 saturated heterocycles. The van der Waals surface area contributed by atoms with E-state index in [1.54, 1.807) is 0 Å². The zero-order valence-corrected chi connectivity index (χ0v) is 12.9. The highest BCUT2D eigenvalue weighted by Crippen LogP contribution is 2.17. The molecule has 0 radical (unpaired) electrons. The molecule has 7 heteroatoms. The Morgan fingerprint density at radius 3 is 3.00 bits per heavy atom. The van der Waals surface area contributed by atoms with Gasteiger partial charge in [0.25, 0.3) is 10.0 Å². The van der Waals surface area contributed by atoms with Gasteiger partial charge in [0.1, 0.15) is 0 Å². The zero-order valence-electron chi connectivity index (χ0n) is 12.1. The van der Waals surface area contributed by atoms with Crippen molar-refractivity contribution in [1.82, 2.24) is 14.5 Å². The molecule has 114 valence electrons. The van der Waals surface area contributed by atoms with Crippen LogP contribution in [-0.4, -0.2) is 38.0 Å². The summed E-state index contributed by atoms with van der Waals surface area (Å²) in [6.45, 7) is 5.83. The summed E-state index contributed by atoms with van der Waals surface area (Å²) in [5.41, 5.74) is 0. The smallest absolute Gasteiger partial charge is 0.257 e. The lowest BCUT2D eigenvalue weighted by Gasteiger charge is -2.22. The van der Waals surface area contributed by atoms with Crippen LogP contribution in [0.5, 0.6) is 0 Å². The third kappa shape index (κ3) is 3.80. The maximum Gasteiger partial charge on any atom is 0.257 e. The standard InChI is InChI=1S/C13H23N3O3S/c1-11(2)16-13(6-7-14-16)20(17,18)15-8-5-12-4-3-9-19-10-12/h6-7,11-12,15H,3-5,8-10H2,1-2H3/t12-/m1/s1. The molecule has 1 aromatic heterocycles. The van der Waals surface area contributed by atoms with Crippen molar-refractivity contribution in [3.05, 3.63) is 12.3 Å². The minimum atomic E-state index is -3.48. The maximum absolute atomic E-state index is 12.3. The van der Waals surface area contributed by atoms with Crippen molar-refractivity contribution in [1.29, 1.82) is 0 Å². The Balaban J connectivity index is 1.92. The van der Waals surface area contributed by atoms with Crippen LogP contribution in [0.4, 0.5) is 0 Å². The van der Waals surface area contributed by atoms with Crippen molar-refractivity contribution in [2.75, 3.05) is 19.8 Å². The summed E-state index contributed by atoms with van der Waals surface area (Å²) in [6.07, 6.45) is 4.52. The fourth-order valence-electron chi connectivity index (χ4n) is 2.41. The minimum absolute atomic E-state index is 0.0170. The van der Waals surface area contributed by atoms with Gasteiger partial charge in [0.2, 0.25) is 0 Å². The minimum Gasteiger partial charge on any atom is -0.381 e. The summed E-state index contributed by atoms with van der Waals surface area (Å²) in [6, 6.07) is 1.55. The van der Waals surface area contributed by atoms with Crippen molar-refractivity contribution < 1.29 is 13.2 Å². The molecule has 1 aliphatic heterocycles. The van der Waals surface area contributed by atoms with E-state index < -0.39 is 10.0 Å².